The summed E-state index contributed by atoms with van der Waals surface area (Å²) in [6.45, 7) is 0. The van der Waals surface area contributed by atoms with E-state index in [-0.39, 0.29) is 18.4 Å². The Balaban J connectivity index is 2.56. The number of halogens is 3. The van der Waals surface area contributed by atoms with Crippen LogP contribution in [0.3, 0.4) is 0 Å². The summed E-state index contributed by atoms with van der Waals surface area (Å²) in [5.74, 6) is -2.16. The molecule has 1 aliphatic carbocycles. The number of carboxylic acids is 1. The van der Waals surface area contributed by atoms with Gasteiger partial charge in [-0.3, -0.25) is 4.79 Å². The lowest BCUT2D eigenvalue weighted by Crippen LogP contribution is -2.42. The van der Waals surface area contributed by atoms with Gasteiger partial charge >= 0.3 is 12.1 Å². The van der Waals surface area contributed by atoms with E-state index in [4.69, 9.17) is 5.11 Å². The molecule has 1 fully saturated rings. The minimum absolute atomic E-state index is 0.143. The fourth-order valence-corrected chi connectivity index (χ4v) is 2.29. The van der Waals surface area contributed by atoms with Crippen molar-refractivity contribution in [2.45, 2.75) is 30.9 Å². The molecule has 1 aliphatic rings. The normalized spacial score (nSPS) is 18.2. The Morgan fingerprint density at radius 2 is 1.89 bits per heavy atom. The number of phenols is 1. The lowest BCUT2D eigenvalue weighted by atomic mass is 9.64. The molecule has 2 N–H and O–H groups in total. The van der Waals surface area contributed by atoms with Gasteiger partial charge in [0.25, 0.3) is 0 Å². The maximum absolute atomic E-state index is 12.6. The third-order valence-corrected chi connectivity index (χ3v) is 3.47. The number of alkyl halides is 3. The summed E-state index contributed by atoms with van der Waals surface area (Å²) in [4.78, 5) is 11.2. The first-order valence-electron chi connectivity index (χ1n) is 5.42. The number of carboxylic acid groups (broad SMARTS) is 1. The minimum Gasteiger partial charge on any atom is -0.507 e. The van der Waals surface area contributed by atoms with Gasteiger partial charge in [0.15, 0.2) is 0 Å². The van der Waals surface area contributed by atoms with E-state index >= 15 is 0 Å². The second-order valence-corrected chi connectivity index (χ2v) is 4.44. The number of phenolic OH excluding ortho intramolecular Hbond substituents is 1. The molecule has 0 aromatic heterocycles. The molecule has 18 heavy (non-hydrogen) atoms. The Kier molecular flexibility index (Phi) is 2.76. The smallest absolute Gasteiger partial charge is 0.419 e. The standard InChI is InChI=1S/C12H11F3O3/c13-12(14,15)8-4-1-3-7(9(8)16)11(10(17)18)5-2-6-11/h1,3-4,16H,2,5-6H2,(H,17,18). The zero-order valence-corrected chi connectivity index (χ0v) is 9.29. The number of rotatable bonds is 2. The number of aromatic hydroxyl groups is 1. The largest absolute Gasteiger partial charge is 0.507 e. The monoisotopic (exact) mass is 260 g/mol. The molecule has 1 aromatic rings. The van der Waals surface area contributed by atoms with Gasteiger partial charge in [-0.1, -0.05) is 18.6 Å². The third-order valence-electron chi connectivity index (χ3n) is 3.47. The van der Waals surface area contributed by atoms with E-state index in [0.717, 1.165) is 12.1 Å². The molecule has 0 aliphatic heterocycles. The number of hydrogen-bond donors (Lipinski definition) is 2. The van der Waals surface area contributed by atoms with E-state index in [1.54, 1.807) is 0 Å². The Hall–Kier alpha value is -1.72. The van der Waals surface area contributed by atoms with Gasteiger partial charge in [0.1, 0.15) is 5.75 Å². The van der Waals surface area contributed by atoms with Crippen molar-refractivity contribution >= 4 is 5.97 Å². The fraction of sp³-hybridized carbons (Fsp3) is 0.417. The topological polar surface area (TPSA) is 57.5 Å². The van der Waals surface area contributed by atoms with Crippen LogP contribution in [0.5, 0.6) is 5.75 Å². The summed E-state index contributed by atoms with van der Waals surface area (Å²) < 4.78 is 37.9. The van der Waals surface area contributed by atoms with Crippen LogP contribution in [0.25, 0.3) is 0 Å². The molecule has 0 atom stereocenters. The van der Waals surface area contributed by atoms with Crippen molar-refractivity contribution in [2.75, 3.05) is 0 Å². The summed E-state index contributed by atoms with van der Waals surface area (Å²) in [5.41, 5.74) is -2.70. The maximum Gasteiger partial charge on any atom is 0.419 e. The first-order valence-corrected chi connectivity index (χ1v) is 5.42. The fourth-order valence-electron chi connectivity index (χ4n) is 2.29. The molecule has 1 saturated carbocycles. The zero-order valence-electron chi connectivity index (χ0n) is 9.29. The predicted octanol–water partition coefficient (Wildman–Crippen LogP) is 2.92. The average molecular weight is 260 g/mol. The van der Waals surface area contributed by atoms with Crippen LogP contribution in [0.2, 0.25) is 0 Å². The molecule has 0 heterocycles. The van der Waals surface area contributed by atoms with Crippen LogP contribution in [0.4, 0.5) is 13.2 Å². The predicted molar refractivity (Wildman–Crippen MR) is 56.3 cm³/mol. The van der Waals surface area contributed by atoms with Crippen LogP contribution in [0, 0.1) is 0 Å². The number of benzene rings is 1. The molecule has 0 spiro atoms. The molecule has 0 bridgehead atoms. The highest BCUT2D eigenvalue weighted by molar-refractivity contribution is 5.84. The van der Waals surface area contributed by atoms with Crippen molar-refractivity contribution in [1.82, 2.24) is 0 Å². The highest BCUT2D eigenvalue weighted by atomic mass is 19.4. The molecular weight excluding hydrogens is 249 g/mol. The molecule has 3 nitrogen and oxygen atoms in total. The van der Waals surface area contributed by atoms with Gasteiger partial charge in [0.05, 0.1) is 11.0 Å². The van der Waals surface area contributed by atoms with Gasteiger partial charge < -0.3 is 10.2 Å². The SMILES string of the molecule is O=C(O)C1(c2cccc(C(F)(F)F)c2O)CCC1. The number of carbonyl (C=O) groups is 1. The Morgan fingerprint density at radius 1 is 1.28 bits per heavy atom. The van der Waals surface area contributed by atoms with Crippen molar-refractivity contribution in [2.24, 2.45) is 0 Å². The lowest BCUT2D eigenvalue weighted by Gasteiger charge is -2.38. The van der Waals surface area contributed by atoms with Gasteiger partial charge in [0, 0.05) is 5.56 Å². The quantitative estimate of drug-likeness (QED) is 0.859. The van der Waals surface area contributed by atoms with Crippen LogP contribution in [-0.4, -0.2) is 16.2 Å². The average Bonchev–Trinajstić information content (AvgIpc) is 2.16. The number of aliphatic carboxylic acids is 1. The molecule has 98 valence electrons. The first kappa shape index (κ1) is 12.7. The number of para-hydroxylation sites is 1. The summed E-state index contributed by atoms with van der Waals surface area (Å²) in [7, 11) is 0. The van der Waals surface area contributed by atoms with Gasteiger partial charge in [-0.2, -0.15) is 13.2 Å². The lowest BCUT2D eigenvalue weighted by molar-refractivity contribution is -0.148. The highest BCUT2D eigenvalue weighted by Gasteiger charge is 2.49. The summed E-state index contributed by atoms with van der Waals surface area (Å²) in [6, 6.07) is 3.12. The van der Waals surface area contributed by atoms with E-state index < -0.39 is 28.9 Å². The van der Waals surface area contributed by atoms with Crippen molar-refractivity contribution in [3.63, 3.8) is 0 Å². The Bertz CT molecular complexity index is 490. The van der Waals surface area contributed by atoms with E-state index in [2.05, 4.69) is 0 Å². The molecule has 6 heteroatoms. The molecule has 0 amide bonds. The second kappa shape index (κ2) is 3.90. The van der Waals surface area contributed by atoms with E-state index in [0.29, 0.717) is 6.42 Å². The summed E-state index contributed by atoms with van der Waals surface area (Å²) >= 11 is 0. The van der Waals surface area contributed by atoms with Crippen LogP contribution in [0.1, 0.15) is 30.4 Å². The van der Waals surface area contributed by atoms with Gasteiger partial charge in [-0.15, -0.1) is 0 Å². The summed E-state index contributed by atoms with van der Waals surface area (Å²) in [5, 5.41) is 18.9. The molecule has 0 saturated heterocycles. The van der Waals surface area contributed by atoms with Crippen LogP contribution >= 0.6 is 0 Å². The highest BCUT2D eigenvalue weighted by Crippen LogP contribution is 2.49. The third kappa shape index (κ3) is 1.72. The van der Waals surface area contributed by atoms with Crippen molar-refractivity contribution in [3.8, 4) is 5.75 Å². The van der Waals surface area contributed by atoms with E-state index in [1.807, 2.05) is 0 Å². The zero-order chi connectivity index (χ0) is 13.6. The van der Waals surface area contributed by atoms with Gasteiger partial charge in [-0.25, -0.2) is 0 Å². The van der Waals surface area contributed by atoms with Crippen molar-refractivity contribution in [3.05, 3.63) is 29.3 Å². The molecule has 0 radical (unpaired) electrons. The molecule has 2 rings (SSSR count). The Labute approximate surface area is 101 Å². The van der Waals surface area contributed by atoms with Crippen molar-refractivity contribution in [1.29, 1.82) is 0 Å². The maximum atomic E-state index is 12.6. The van der Waals surface area contributed by atoms with Crippen LogP contribution < -0.4 is 0 Å². The molecule has 0 unspecified atom stereocenters. The number of hydrogen-bond acceptors (Lipinski definition) is 2. The first-order chi connectivity index (χ1) is 8.29. The molecule has 1 aromatic carbocycles. The van der Waals surface area contributed by atoms with Gasteiger partial charge in [-0.05, 0) is 18.9 Å². The Morgan fingerprint density at radius 3 is 2.28 bits per heavy atom. The summed E-state index contributed by atoms with van der Waals surface area (Å²) in [6.07, 6.45) is -3.57. The second-order valence-electron chi connectivity index (χ2n) is 4.44. The van der Waals surface area contributed by atoms with Crippen molar-refractivity contribution < 1.29 is 28.2 Å². The van der Waals surface area contributed by atoms with E-state index in [9.17, 15) is 23.1 Å². The van der Waals surface area contributed by atoms with Crippen LogP contribution in [0.15, 0.2) is 18.2 Å². The van der Waals surface area contributed by atoms with E-state index in [1.165, 1.54) is 6.07 Å². The molecular formula is C12H11F3O3. The van der Waals surface area contributed by atoms with Gasteiger partial charge in [0.2, 0.25) is 0 Å². The van der Waals surface area contributed by atoms with Crippen LogP contribution in [-0.2, 0) is 16.4 Å². The minimum atomic E-state index is -4.69.